The summed E-state index contributed by atoms with van der Waals surface area (Å²) in [5.41, 5.74) is 1.60. The maximum atomic E-state index is 13.1. The number of hydrogen-bond acceptors (Lipinski definition) is 7. The molecule has 0 saturated carbocycles. The van der Waals surface area contributed by atoms with Gasteiger partial charge in [0.15, 0.2) is 0 Å². The lowest BCUT2D eigenvalue weighted by Crippen LogP contribution is -2.56. The van der Waals surface area contributed by atoms with E-state index in [0.29, 0.717) is 32.8 Å². The van der Waals surface area contributed by atoms with Gasteiger partial charge in [0.2, 0.25) is 5.91 Å². The number of carbonyl (C=O) groups is 2. The highest BCUT2D eigenvalue weighted by Gasteiger charge is 2.50. The topological polar surface area (TPSA) is 83.6 Å². The molecule has 2 aromatic carbocycles. The number of nitrogens with zero attached hydrogens (tertiary/aromatic N) is 3. The molecule has 9 nitrogen and oxygen atoms in total. The number of rotatable bonds is 7. The summed E-state index contributed by atoms with van der Waals surface area (Å²) < 4.78 is 19.1. The number of hydrogen-bond donors (Lipinski definition) is 1. The summed E-state index contributed by atoms with van der Waals surface area (Å²) in [4.78, 5) is 32.4. The Kier molecular flexibility index (Phi) is 8.97. The van der Waals surface area contributed by atoms with Crippen LogP contribution in [0.2, 0.25) is 0 Å². The lowest BCUT2D eigenvalue weighted by atomic mass is 9.85. The van der Waals surface area contributed by atoms with Crippen molar-refractivity contribution in [1.29, 1.82) is 0 Å². The second-order valence-electron chi connectivity index (χ2n) is 12.6. The van der Waals surface area contributed by atoms with Crippen LogP contribution in [0.25, 0.3) is 0 Å². The van der Waals surface area contributed by atoms with Crippen molar-refractivity contribution < 1.29 is 23.8 Å². The van der Waals surface area contributed by atoms with E-state index in [1.54, 1.807) is 12.0 Å². The fourth-order valence-corrected chi connectivity index (χ4v) is 6.68. The van der Waals surface area contributed by atoms with E-state index < -0.39 is 16.7 Å². The summed E-state index contributed by atoms with van der Waals surface area (Å²) in [6.45, 7) is 12.2. The molecule has 42 heavy (non-hydrogen) atoms. The zero-order valence-electron chi connectivity index (χ0n) is 25.4. The highest BCUT2D eigenvalue weighted by molar-refractivity contribution is 14.1. The quantitative estimate of drug-likeness (QED) is 0.415. The van der Waals surface area contributed by atoms with E-state index in [1.807, 2.05) is 45.0 Å². The Balaban J connectivity index is 1.24. The van der Waals surface area contributed by atoms with E-state index in [-0.39, 0.29) is 12.0 Å². The van der Waals surface area contributed by atoms with E-state index in [9.17, 15) is 9.59 Å². The molecule has 0 aliphatic carbocycles. The van der Waals surface area contributed by atoms with E-state index >= 15 is 0 Å². The van der Waals surface area contributed by atoms with E-state index in [0.717, 1.165) is 49.5 Å². The monoisotopic (exact) mass is 690 g/mol. The van der Waals surface area contributed by atoms with Crippen LogP contribution in [0.3, 0.4) is 0 Å². The molecule has 0 aromatic heterocycles. The number of methoxy groups -OCH3 is 1. The van der Waals surface area contributed by atoms with Crippen LogP contribution in [-0.2, 0) is 19.9 Å². The summed E-state index contributed by atoms with van der Waals surface area (Å²) in [6.07, 6.45) is 1.89. The second kappa shape index (κ2) is 12.2. The van der Waals surface area contributed by atoms with Crippen LogP contribution in [0.5, 0.6) is 5.75 Å². The van der Waals surface area contributed by atoms with E-state index in [1.165, 1.54) is 9.13 Å². The second-order valence-corrected chi connectivity index (χ2v) is 13.8. The number of anilines is 1. The first-order valence-corrected chi connectivity index (χ1v) is 15.8. The van der Waals surface area contributed by atoms with Gasteiger partial charge in [-0.2, -0.15) is 0 Å². The van der Waals surface area contributed by atoms with Crippen LogP contribution < -0.4 is 15.0 Å². The molecule has 3 aliphatic heterocycles. The molecule has 3 heterocycles. The summed E-state index contributed by atoms with van der Waals surface area (Å²) in [6, 6.07) is 14.4. The maximum Gasteiger partial charge on any atom is 0.410 e. The average Bonchev–Trinajstić information content (AvgIpc) is 3.53. The van der Waals surface area contributed by atoms with Crippen molar-refractivity contribution >= 4 is 40.3 Å². The average molecular weight is 691 g/mol. The number of aryl methyl sites for hydroxylation is 1. The van der Waals surface area contributed by atoms with Gasteiger partial charge in [0.25, 0.3) is 0 Å². The van der Waals surface area contributed by atoms with Gasteiger partial charge in [0.05, 0.1) is 26.9 Å². The molecule has 5 rings (SSSR count). The molecule has 1 N–H and O–H groups in total. The standard InChI is InChI=1S/C32H43IN4O5/c1-23-19-24(9-10-27(23)33)32(13-16-36(21-32)29(39)42-30(2,3)4)41-18-17-35-14-11-31(12-15-35)28(38)34-22-37(31)25-7-6-8-26(20-25)40-5/h6-10,19-20H,11-18,21-22H2,1-5H3,(H,34,38). The summed E-state index contributed by atoms with van der Waals surface area (Å²) in [5, 5.41) is 3.08. The SMILES string of the molecule is COc1cccc(N2CNC(=O)C23CCN(CCOC2(c4ccc(I)c(C)c4)CCN(C(=O)OC(C)(C)C)C2)CC3)c1. The fraction of sp³-hybridized carbons (Fsp3) is 0.562. The lowest BCUT2D eigenvalue weighted by Gasteiger charge is -2.43. The van der Waals surface area contributed by atoms with Gasteiger partial charge in [0, 0.05) is 47.9 Å². The van der Waals surface area contributed by atoms with Crippen LogP contribution in [0.15, 0.2) is 42.5 Å². The van der Waals surface area contributed by atoms with Crippen molar-refractivity contribution in [2.45, 2.75) is 63.7 Å². The van der Waals surface area contributed by atoms with Gasteiger partial charge in [-0.15, -0.1) is 0 Å². The number of amides is 2. The molecule has 1 unspecified atom stereocenters. The largest absolute Gasteiger partial charge is 0.497 e. The molecular formula is C32H43IN4O5. The van der Waals surface area contributed by atoms with E-state index in [4.69, 9.17) is 14.2 Å². The molecule has 3 fully saturated rings. The highest BCUT2D eigenvalue weighted by atomic mass is 127. The highest BCUT2D eigenvalue weighted by Crippen LogP contribution is 2.39. The number of halogens is 1. The molecule has 0 bridgehead atoms. The zero-order chi connectivity index (χ0) is 30.1. The number of likely N-dealkylation sites (tertiary alicyclic amines) is 2. The Morgan fingerprint density at radius 1 is 1.07 bits per heavy atom. The first kappa shape index (κ1) is 30.9. The number of piperidine rings is 1. The summed E-state index contributed by atoms with van der Waals surface area (Å²) in [5.74, 6) is 0.883. The van der Waals surface area contributed by atoms with Gasteiger partial charge in [-0.05, 0) is 92.5 Å². The van der Waals surface area contributed by atoms with Crippen LogP contribution >= 0.6 is 22.6 Å². The Bertz CT molecular complexity index is 1310. The third-order valence-corrected chi connectivity index (χ3v) is 9.95. The van der Waals surface area contributed by atoms with Crippen LogP contribution in [0.1, 0.15) is 51.2 Å². The Hall–Kier alpha value is -2.57. The van der Waals surface area contributed by atoms with Crippen molar-refractivity contribution in [3.63, 3.8) is 0 Å². The number of carbonyl (C=O) groups excluding carboxylic acids is 2. The van der Waals surface area contributed by atoms with Gasteiger partial charge in [-0.25, -0.2) is 4.79 Å². The molecule has 2 aromatic rings. The zero-order valence-corrected chi connectivity index (χ0v) is 27.5. The number of benzene rings is 2. The molecule has 3 saturated heterocycles. The van der Waals surface area contributed by atoms with Gasteiger partial charge in [0.1, 0.15) is 22.5 Å². The van der Waals surface area contributed by atoms with Crippen molar-refractivity contribution in [2.75, 3.05) is 58.0 Å². The predicted octanol–water partition coefficient (Wildman–Crippen LogP) is 4.89. The van der Waals surface area contributed by atoms with E-state index in [2.05, 4.69) is 62.8 Å². The fourth-order valence-electron chi connectivity index (χ4n) is 6.35. The molecule has 228 valence electrons. The molecule has 1 atom stereocenters. The van der Waals surface area contributed by atoms with Crippen LogP contribution in [0, 0.1) is 10.5 Å². The molecule has 10 heteroatoms. The first-order valence-electron chi connectivity index (χ1n) is 14.8. The minimum atomic E-state index is -0.586. The Morgan fingerprint density at radius 3 is 2.52 bits per heavy atom. The van der Waals surface area contributed by atoms with Gasteiger partial charge in [-0.3, -0.25) is 4.79 Å². The molecule has 2 amide bonds. The van der Waals surface area contributed by atoms with Crippen LogP contribution in [0.4, 0.5) is 10.5 Å². The molecule has 3 aliphatic rings. The lowest BCUT2D eigenvalue weighted by molar-refractivity contribution is -0.125. The molecule has 1 spiro atoms. The summed E-state index contributed by atoms with van der Waals surface area (Å²) >= 11 is 2.35. The third-order valence-electron chi connectivity index (χ3n) is 8.74. The van der Waals surface area contributed by atoms with Gasteiger partial charge in [-0.1, -0.05) is 18.2 Å². The molecule has 0 radical (unpaired) electrons. The van der Waals surface area contributed by atoms with Crippen molar-refractivity contribution in [2.24, 2.45) is 0 Å². The minimum Gasteiger partial charge on any atom is -0.497 e. The van der Waals surface area contributed by atoms with Gasteiger partial charge >= 0.3 is 6.09 Å². The van der Waals surface area contributed by atoms with Crippen LogP contribution in [-0.4, -0.2) is 86.0 Å². The maximum absolute atomic E-state index is 13.1. The van der Waals surface area contributed by atoms with Crippen molar-refractivity contribution in [3.8, 4) is 5.75 Å². The Morgan fingerprint density at radius 2 is 1.83 bits per heavy atom. The van der Waals surface area contributed by atoms with Crippen molar-refractivity contribution in [3.05, 3.63) is 57.2 Å². The third kappa shape index (κ3) is 6.35. The number of ether oxygens (including phenoxy) is 3. The minimum absolute atomic E-state index is 0.0995. The van der Waals surface area contributed by atoms with Gasteiger partial charge < -0.3 is 34.2 Å². The summed E-state index contributed by atoms with van der Waals surface area (Å²) in [7, 11) is 1.66. The Labute approximate surface area is 263 Å². The smallest absolute Gasteiger partial charge is 0.410 e. The number of nitrogens with one attached hydrogen (secondary N) is 1. The molecular weight excluding hydrogens is 647 g/mol. The van der Waals surface area contributed by atoms with Crippen molar-refractivity contribution in [1.82, 2.24) is 15.1 Å². The normalized spacial score (nSPS) is 22.5. The first-order chi connectivity index (χ1) is 19.9. The predicted molar refractivity (Wildman–Crippen MR) is 171 cm³/mol.